The second kappa shape index (κ2) is 9.55. The molecule has 4 N–H and O–H groups in total. The molecule has 36 heavy (non-hydrogen) atoms. The van der Waals surface area contributed by atoms with Crippen molar-refractivity contribution in [1.29, 1.82) is 0 Å². The van der Waals surface area contributed by atoms with Crippen molar-refractivity contribution in [2.24, 2.45) is 33.7 Å². The summed E-state index contributed by atoms with van der Waals surface area (Å²) >= 11 is 0. The first-order valence-electron chi connectivity index (χ1n) is 12.8. The Kier molecular flexibility index (Phi) is 6.95. The topological polar surface area (TPSA) is 146 Å². The fourth-order valence-corrected chi connectivity index (χ4v) is 7.68. The molecule has 3 fully saturated rings. The van der Waals surface area contributed by atoms with Gasteiger partial charge in [0.2, 0.25) is 0 Å². The molecule has 4 rings (SSSR count). The number of allylic oxidation sites excluding steroid dienone is 2. The lowest BCUT2D eigenvalue weighted by Gasteiger charge is -2.58. The SMILES string of the molecule is C#C[C@@]1(O)CC[C@@H]2[C@@H]3CCC4=C/C(=N\OCC(=O)N[C@H](CC(=O)O)C(=O)O)CC[C@]4(C)[C@@H]3CC[C@@]21C. The van der Waals surface area contributed by atoms with E-state index in [1.54, 1.807) is 0 Å². The maximum Gasteiger partial charge on any atom is 0.326 e. The molecule has 0 saturated heterocycles. The number of rotatable bonds is 7. The number of nitrogens with one attached hydrogen (secondary N) is 1. The predicted octanol–water partition coefficient (Wildman–Crippen LogP) is 2.73. The van der Waals surface area contributed by atoms with E-state index < -0.39 is 42.5 Å². The zero-order valence-corrected chi connectivity index (χ0v) is 21.0. The number of carboxylic acids is 2. The van der Waals surface area contributed by atoms with Gasteiger partial charge in [0.25, 0.3) is 5.91 Å². The van der Waals surface area contributed by atoms with Crippen LogP contribution in [0.5, 0.6) is 0 Å². The summed E-state index contributed by atoms with van der Waals surface area (Å²) in [6.45, 7) is 4.05. The third kappa shape index (κ3) is 4.40. The van der Waals surface area contributed by atoms with Gasteiger partial charge in [0, 0.05) is 5.41 Å². The van der Waals surface area contributed by atoms with Gasteiger partial charge < -0.3 is 25.5 Å². The third-order valence-electron chi connectivity index (χ3n) is 9.76. The summed E-state index contributed by atoms with van der Waals surface area (Å²) in [6, 6.07) is -1.52. The van der Waals surface area contributed by atoms with Crippen molar-refractivity contribution in [2.45, 2.75) is 83.3 Å². The van der Waals surface area contributed by atoms with Crippen molar-refractivity contribution in [1.82, 2.24) is 5.32 Å². The van der Waals surface area contributed by atoms with Crippen LogP contribution in [0.25, 0.3) is 0 Å². The van der Waals surface area contributed by atoms with Gasteiger partial charge in [-0.1, -0.05) is 30.5 Å². The van der Waals surface area contributed by atoms with Crippen molar-refractivity contribution in [3.05, 3.63) is 11.6 Å². The lowest BCUT2D eigenvalue weighted by molar-refractivity contribution is -0.147. The minimum absolute atomic E-state index is 0.0586. The number of amides is 1. The molecule has 9 nitrogen and oxygen atoms in total. The average Bonchev–Trinajstić information content (AvgIpc) is 3.09. The second-order valence-electron chi connectivity index (χ2n) is 11.4. The number of nitrogens with zero attached hydrogens (tertiary/aromatic N) is 1. The smallest absolute Gasteiger partial charge is 0.326 e. The molecule has 0 bridgehead atoms. The van der Waals surface area contributed by atoms with Crippen molar-refractivity contribution in [3.8, 4) is 12.3 Å². The van der Waals surface area contributed by atoms with Gasteiger partial charge in [-0.3, -0.25) is 9.59 Å². The van der Waals surface area contributed by atoms with Gasteiger partial charge in [0.1, 0.15) is 11.6 Å². The molecule has 7 atom stereocenters. The number of aliphatic hydroxyl groups is 1. The maximum atomic E-state index is 12.0. The van der Waals surface area contributed by atoms with Gasteiger partial charge in [0.15, 0.2) is 6.61 Å². The van der Waals surface area contributed by atoms with Gasteiger partial charge in [-0.25, -0.2) is 4.79 Å². The lowest BCUT2D eigenvalue weighted by atomic mass is 9.46. The number of fused-ring (bicyclic) bond motifs is 5. The van der Waals surface area contributed by atoms with E-state index in [0.29, 0.717) is 30.6 Å². The summed E-state index contributed by atoms with van der Waals surface area (Å²) in [7, 11) is 0. The summed E-state index contributed by atoms with van der Waals surface area (Å²) in [5, 5.41) is 35.2. The van der Waals surface area contributed by atoms with E-state index in [2.05, 4.69) is 36.3 Å². The Labute approximate surface area is 211 Å². The van der Waals surface area contributed by atoms with Gasteiger partial charge in [-0.2, -0.15) is 0 Å². The highest BCUT2D eigenvalue weighted by Crippen LogP contribution is 2.67. The molecule has 0 unspecified atom stereocenters. The minimum Gasteiger partial charge on any atom is -0.481 e. The van der Waals surface area contributed by atoms with Crippen LogP contribution in [0.4, 0.5) is 0 Å². The molecule has 4 aliphatic rings. The first-order valence-corrected chi connectivity index (χ1v) is 12.8. The molecule has 196 valence electrons. The summed E-state index contributed by atoms with van der Waals surface area (Å²) in [5.74, 6) is 0.754. The first kappa shape index (κ1) is 26.2. The fourth-order valence-electron chi connectivity index (χ4n) is 7.68. The molecule has 0 radical (unpaired) electrons. The predicted molar refractivity (Wildman–Crippen MR) is 131 cm³/mol. The highest BCUT2D eigenvalue weighted by Gasteiger charge is 2.63. The van der Waals surface area contributed by atoms with Crippen molar-refractivity contribution in [2.75, 3.05) is 6.61 Å². The summed E-state index contributed by atoms with van der Waals surface area (Å²) in [5.41, 5.74) is 0.928. The van der Waals surface area contributed by atoms with Crippen molar-refractivity contribution in [3.63, 3.8) is 0 Å². The van der Waals surface area contributed by atoms with Gasteiger partial charge >= 0.3 is 11.9 Å². The number of oxime groups is 1. The molecule has 1 amide bonds. The number of carbonyl (C=O) groups is 3. The molecule has 0 aliphatic heterocycles. The van der Waals surface area contributed by atoms with E-state index in [4.69, 9.17) is 21.5 Å². The van der Waals surface area contributed by atoms with Crippen LogP contribution in [0.15, 0.2) is 16.8 Å². The molecular weight excluding hydrogens is 464 g/mol. The summed E-state index contributed by atoms with van der Waals surface area (Å²) < 4.78 is 0. The Morgan fingerprint density at radius 1 is 1.17 bits per heavy atom. The van der Waals surface area contributed by atoms with Gasteiger partial charge in [-0.05, 0) is 80.6 Å². The average molecular weight is 501 g/mol. The standard InChI is InChI=1S/C27H36N2O7/c1-4-27(35)12-9-20-18-6-5-16-13-17(7-10-25(16,2)19(18)8-11-26(20,27)3)29-36-15-22(30)28-21(24(33)34)14-23(31)32/h1,13,18-21,35H,5-12,14-15H2,2-3H3,(H,28,30)(H,31,32)(H,33,34)/b29-17-/t18-,19-,20-,21-,25+,26+,27-/m1/s1. The van der Waals surface area contributed by atoms with Crippen LogP contribution in [-0.2, 0) is 19.2 Å². The summed E-state index contributed by atoms with van der Waals surface area (Å²) in [6.07, 6.45) is 14.4. The van der Waals surface area contributed by atoms with Gasteiger partial charge in [-0.15, -0.1) is 6.42 Å². The third-order valence-corrected chi connectivity index (χ3v) is 9.76. The first-order chi connectivity index (χ1) is 16.9. The molecule has 0 aromatic carbocycles. The van der Waals surface area contributed by atoms with E-state index in [9.17, 15) is 19.5 Å². The zero-order chi connectivity index (χ0) is 26.3. The van der Waals surface area contributed by atoms with Gasteiger partial charge in [0.05, 0.1) is 12.1 Å². The van der Waals surface area contributed by atoms with Crippen LogP contribution < -0.4 is 5.32 Å². The number of aliphatic carboxylic acids is 2. The molecule has 0 spiro atoms. The monoisotopic (exact) mass is 500 g/mol. The van der Waals surface area contributed by atoms with Crippen LogP contribution in [0, 0.1) is 40.9 Å². The number of hydrogen-bond acceptors (Lipinski definition) is 6. The van der Waals surface area contributed by atoms with E-state index in [-0.39, 0.29) is 10.8 Å². The number of hydrogen-bond donors (Lipinski definition) is 4. The molecule has 0 aromatic rings. The molecule has 3 saturated carbocycles. The van der Waals surface area contributed by atoms with Crippen LogP contribution in [0.3, 0.4) is 0 Å². The Hall–Kier alpha value is -2.86. The van der Waals surface area contributed by atoms with E-state index in [1.807, 2.05) is 0 Å². The molecule has 0 heterocycles. The Bertz CT molecular complexity index is 1050. The summed E-state index contributed by atoms with van der Waals surface area (Å²) in [4.78, 5) is 39.1. The molecule has 9 heteroatoms. The quantitative estimate of drug-likeness (QED) is 0.311. The maximum absolute atomic E-state index is 12.0. The molecular formula is C27H36N2O7. The highest BCUT2D eigenvalue weighted by atomic mass is 16.6. The van der Waals surface area contributed by atoms with E-state index >= 15 is 0 Å². The van der Waals surface area contributed by atoms with Crippen LogP contribution >= 0.6 is 0 Å². The van der Waals surface area contributed by atoms with Crippen LogP contribution in [-0.4, -0.2) is 57.1 Å². The highest BCUT2D eigenvalue weighted by molar-refractivity contribution is 5.96. The van der Waals surface area contributed by atoms with Crippen LogP contribution in [0.1, 0.15) is 71.6 Å². The van der Waals surface area contributed by atoms with Crippen molar-refractivity contribution < 1.29 is 34.5 Å². The zero-order valence-electron chi connectivity index (χ0n) is 21.0. The normalized spacial score (nSPS) is 39.0. The number of carbonyl (C=O) groups excluding carboxylic acids is 1. The van der Waals surface area contributed by atoms with Crippen molar-refractivity contribution >= 4 is 23.6 Å². The Balaban J connectivity index is 1.40. The Morgan fingerprint density at radius 2 is 1.89 bits per heavy atom. The number of carboxylic acid groups (broad SMARTS) is 2. The Morgan fingerprint density at radius 3 is 2.56 bits per heavy atom. The van der Waals surface area contributed by atoms with E-state index in [0.717, 1.165) is 44.2 Å². The lowest BCUT2D eigenvalue weighted by Crippen LogP contribution is -2.54. The largest absolute Gasteiger partial charge is 0.481 e. The van der Waals surface area contributed by atoms with E-state index in [1.165, 1.54) is 5.57 Å². The minimum atomic E-state index is -1.52. The number of terminal acetylenes is 1. The molecule has 4 aliphatic carbocycles. The second-order valence-corrected chi connectivity index (χ2v) is 11.4. The fraction of sp³-hybridized carbons (Fsp3) is 0.704. The van der Waals surface area contributed by atoms with Crippen LogP contribution in [0.2, 0.25) is 0 Å². The molecule has 0 aromatic heterocycles.